The van der Waals surface area contributed by atoms with E-state index in [2.05, 4.69) is 0 Å². The molecule has 0 N–H and O–H groups in total. The molecule has 2 unspecified atom stereocenters. The summed E-state index contributed by atoms with van der Waals surface area (Å²) in [6, 6.07) is 0. The Labute approximate surface area is 41.3 Å². The van der Waals surface area contributed by atoms with E-state index in [9.17, 15) is 4.39 Å². The molecular weight excluding hydrogens is 102 g/mol. The van der Waals surface area contributed by atoms with Crippen LogP contribution in [0, 0.1) is 0 Å². The largest absolute Gasteiger partial charge is 0.243 e. The zero-order valence-electron chi connectivity index (χ0n) is 3.54. The predicted octanol–water partition coefficient (Wildman–Crippen LogP) is 1.73. The van der Waals surface area contributed by atoms with Crippen molar-refractivity contribution >= 4 is 11.6 Å². The fourth-order valence-corrected chi connectivity index (χ4v) is 0.593. The number of hydrogen-bond donors (Lipinski definition) is 0. The molecule has 2 heteroatoms. The van der Waals surface area contributed by atoms with Gasteiger partial charge in [0.05, 0.1) is 5.38 Å². The highest BCUT2D eigenvalue weighted by atomic mass is 35.5. The van der Waals surface area contributed by atoms with Gasteiger partial charge in [-0.1, -0.05) is 0 Å². The van der Waals surface area contributed by atoms with Crippen LogP contribution >= 0.6 is 11.6 Å². The first kappa shape index (κ1) is 4.38. The minimum Gasteiger partial charge on any atom is -0.243 e. The van der Waals surface area contributed by atoms with Gasteiger partial charge in [0.25, 0.3) is 0 Å². The van der Waals surface area contributed by atoms with E-state index in [0.717, 1.165) is 0 Å². The van der Waals surface area contributed by atoms with Crippen molar-refractivity contribution in [1.29, 1.82) is 0 Å². The van der Waals surface area contributed by atoms with Gasteiger partial charge in [0.2, 0.25) is 0 Å². The fourth-order valence-electron chi connectivity index (χ4n) is 0.291. The Bertz CT molecular complexity index is 69.9. The average Bonchev–Trinajstić information content (AvgIpc) is 1.73. The summed E-state index contributed by atoms with van der Waals surface area (Å²) in [5, 5.41) is -0.197. The van der Waals surface area contributed by atoms with E-state index >= 15 is 0 Å². The molecule has 1 rings (SSSR count). The second kappa shape index (κ2) is 0.890. The molecule has 0 spiro atoms. The molecule has 36 valence electrons. The molecule has 2 atom stereocenters. The third kappa shape index (κ3) is 0.515. The molecule has 0 heterocycles. The van der Waals surface area contributed by atoms with Gasteiger partial charge in [-0.3, -0.25) is 0 Å². The van der Waals surface area contributed by atoms with Crippen molar-refractivity contribution < 1.29 is 4.39 Å². The molecule has 1 fully saturated rings. The van der Waals surface area contributed by atoms with Crippen LogP contribution in [0.4, 0.5) is 4.39 Å². The van der Waals surface area contributed by atoms with Crippen LogP contribution in [-0.4, -0.2) is 11.0 Å². The average molecular weight is 109 g/mol. The van der Waals surface area contributed by atoms with Gasteiger partial charge in [-0.25, -0.2) is 4.39 Å². The molecule has 1 saturated carbocycles. The zero-order chi connectivity index (χ0) is 4.78. The molecule has 0 nitrogen and oxygen atoms in total. The van der Waals surface area contributed by atoms with Crippen molar-refractivity contribution in [3.8, 4) is 0 Å². The molecule has 0 aromatic carbocycles. The van der Waals surface area contributed by atoms with Crippen molar-refractivity contribution in [1.82, 2.24) is 0 Å². The molecule has 1 aliphatic rings. The Hall–Kier alpha value is 0.220. The van der Waals surface area contributed by atoms with Crippen LogP contribution in [0.3, 0.4) is 0 Å². The lowest BCUT2D eigenvalue weighted by molar-refractivity contribution is 0.341. The van der Waals surface area contributed by atoms with Crippen molar-refractivity contribution in [2.24, 2.45) is 0 Å². The third-order valence-electron chi connectivity index (χ3n) is 1.07. The number of halogens is 2. The maximum Gasteiger partial charge on any atom is 0.126 e. The molecule has 1 aliphatic carbocycles. The SMILES string of the molecule is CC1(F)CC1Cl. The molecule has 0 aromatic rings. The van der Waals surface area contributed by atoms with Crippen molar-refractivity contribution in [3.05, 3.63) is 0 Å². The lowest BCUT2D eigenvalue weighted by Gasteiger charge is -1.85. The van der Waals surface area contributed by atoms with Crippen LogP contribution in [0.5, 0.6) is 0 Å². The van der Waals surface area contributed by atoms with E-state index in [0.29, 0.717) is 6.42 Å². The van der Waals surface area contributed by atoms with Crippen LogP contribution < -0.4 is 0 Å². The third-order valence-corrected chi connectivity index (χ3v) is 1.68. The predicted molar refractivity (Wildman–Crippen MR) is 23.8 cm³/mol. The summed E-state index contributed by atoms with van der Waals surface area (Å²) < 4.78 is 12.1. The van der Waals surface area contributed by atoms with Crippen molar-refractivity contribution in [3.63, 3.8) is 0 Å². The first-order chi connectivity index (χ1) is 2.63. The number of rotatable bonds is 0. The maximum atomic E-state index is 12.1. The van der Waals surface area contributed by atoms with Crippen molar-refractivity contribution in [2.75, 3.05) is 0 Å². The Kier molecular flexibility index (Phi) is 0.650. The normalized spacial score (nSPS) is 55.5. The number of hydrogen-bond acceptors (Lipinski definition) is 0. The van der Waals surface area contributed by atoms with E-state index in [-0.39, 0.29) is 5.38 Å². The summed E-state index contributed by atoms with van der Waals surface area (Å²) in [6.07, 6.45) is 0.536. The Balaban J connectivity index is 2.41. The Morgan fingerprint density at radius 3 is 2.17 bits per heavy atom. The summed E-state index contributed by atoms with van der Waals surface area (Å²) in [7, 11) is 0. The molecule has 0 radical (unpaired) electrons. The van der Waals surface area contributed by atoms with Gasteiger partial charge < -0.3 is 0 Å². The minimum atomic E-state index is -1.03. The van der Waals surface area contributed by atoms with Gasteiger partial charge in [-0.05, 0) is 6.92 Å². The summed E-state index contributed by atoms with van der Waals surface area (Å²) in [5.41, 5.74) is -1.03. The molecule has 0 aliphatic heterocycles. The van der Waals surface area contributed by atoms with Crippen molar-refractivity contribution in [2.45, 2.75) is 24.4 Å². The quantitative estimate of drug-likeness (QED) is 0.415. The second-order valence-electron chi connectivity index (χ2n) is 1.95. The summed E-state index contributed by atoms with van der Waals surface area (Å²) in [4.78, 5) is 0. The monoisotopic (exact) mass is 108 g/mol. The summed E-state index contributed by atoms with van der Waals surface area (Å²) >= 11 is 5.30. The summed E-state index contributed by atoms with van der Waals surface area (Å²) in [6.45, 7) is 1.52. The molecule has 0 saturated heterocycles. The zero-order valence-corrected chi connectivity index (χ0v) is 4.30. The maximum absolute atomic E-state index is 12.1. The smallest absolute Gasteiger partial charge is 0.126 e. The van der Waals surface area contributed by atoms with E-state index < -0.39 is 5.67 Å². The van der Waals surface area contributed by atoms with Crippen LogP contribution in [0.25, 0.3) is 0 Å². The molecular formula is C4H6ClF. The first-order valence-electron chi connectivity index (χ1n) is 1.96. The lowest BCUT2D eigenvalue weighted by atomic mass is 10.5. The van der Waals surface area contributed by atoms with Gasteiger partial charge in [0.1, 0.15) is 5.67 Å². The van der Waals surface area contributed by atoms with Gasteiger partial charge in [0, 0.05) is 6.42 Å². The van der Waals surface area contributed by atoms with Gasteiger partial charge in [-0.2, -0.15) is 0 Å². The van der Waals surface area contributed by atoms with E-state index in [1.807, 2.05) is 0 Å². The molecule has 0 amide bonds. The first-order valence-corrected chi connectivity index (χ1v) is 2.39. The highest BCUT2D eigenvalue weighted by Gasteiger charge is 2.49. The molecule has 6 heavy (non-hydrogen) atoms. The Morgan fingerprint density at radius 1 is 2.00 bits per heavy atom. The second-order valence-corrected chi connectivity index (χ2v) is 2.48. The highest BCUT2D eigenvalue weighted by molar-refractivity contribution is 6.23. The van der Waals surface area contributed by atoms with E-state index in [4.69, 9.17) is 11.6 Å². The van der Waals surface area contributed by atoms with Crippen LogP contribution in [0.15, 0.2) is 0 Å². The van der Waals surface area contributed by atoms with Gasteiger partial charge >= 0.3 is 0 Å². The van der Waals surface area contributed by atoms with E-state index in [1.54, 1.807) is 0 Å². The summed E-state index contributed by atoms with van der Waals surface area (Å²) in [5.74, 6) is 0. The topological polar surface area (TPSA) is 0 Å². The van der Waals surface area contributed by atoms with E-state index in [1.165, 1.54) is 6.92 Å². The molecule has 0 bridgehead atoms. The fraction of sp³-hybridized carbons (Fsp3) is 1.00. The molecule has 0 aromatic heterocycles. The minimum absolute atomic E-state index is 0.197. The van der Waals surface area contributed by atoms with Crippen LogP contribution in [0.2, 0.25) is 0 Å². The lowest BCUT2D eigenvalue weighted by Crippen LogP contribution is -1.92. The van der Waals surface area contributed by atoms with Crippen LogP contribution in [-0.2, 0) is 0 Å². The standard InChI is InChI=1S/C4H6ClF/c1-4(6)2-3(4)5/h3H,2H2,1H3. The number of alkyl halides is 2. The van der Waals surface area contributed by atoms with Gasteiger partial charge in [0.15, 0.2) is 0 Å². The van der Waals surface area contributed by atoms with Gasteiger partial charge in [-0.15, -0.1) is 11.6 Å². The highest BCUT2D eigenvalue weighted by Crippen LogP contribution is 2.44. The van der Waals surface area contributed by atoms with Crippen LogP contribution in [0.1, 0.15) is 13.3 Å². The Morgan fingerprint density at radius 2 is 2.17 bits per heavy atom.